The number of rotatable bonds is 7. The lowest BCUT2D eigenvalue weighted by molar-refractivity contribution is -0.124. The Morgan fingerprint density at radius 3 is 2.76 bits per heavy atom. The van der Waals surface area contributed by atoms with E-state index in [2.05, 4.69) is 21.2 Å². The molecular formula is C15H19N3O3. The maximum atomic E-state index is 12.0. The number of carbonyl (C=O) groups is 2. The first-order chi connectivity index (χ1) is 10.1. The van der Waals surface area contributed by atoms with Gasteiger partial charge in [0, 0.05) is 12.8 Å². The van der Waals surface area contributed by atoms with Crippen molar-refractivity contribution in [2.24, 2.45) is 0 Å². The van der Waals surface area contributed by atoms with Gasteiger partial charge in [0.25, 0.3) is 0 Å². The number of nitrogens with one attached hydrogen (secondary N) is 2. The molecule has 21 heavy (non-hydrogen) atoms. The minimum Gasteiger partial charge on any atom is -0.477 e. The van der Waals surface area contributed by atoms with Gasteiger partial charge in [-0.3, -0.25) is 4.79 Å². The summed E-state index contributed by atoms with van der Waals surface area (Å²) in [6.45, 7) is 0. The standard InChI is InChI=1S/C15H19N3O3/c1-2-3-4-5-7-12(19)18-15(8-6-9-15)14-16-10-11(17-14)13(20)21/h1,10H,3-9H2,(H,16,17)(H,18,19)(H,20,21). The molecule has 3 N–H and O–H groups in total. The Balaban J connectivity index is 1.96. The van der Waals surface area contributed by atoms with Crippen LogP contribution in [0.1, 0.15) is 61.3 Å². The summed E-state index contributed by atoms with van der Waals surface area (Å²) in [5.41, 5.74) is -0.490. The summed E-state index contributed by atoms with van der Waals surface area (Å²) in [7, 11) is 0. The Morgan fingerprint density at radius 2 is 2.24 bits per heavy atom. The number of amides is 1. The highest BCUT2D eigenvalue weighted by Gasteiger charge is 2.42. The Kier molecular flexibility index (Phi) is 4.63. The number of imidazole rings is 1. The van der Waals surface area contributed by atoms with E-state index in [0.29, 0.717) is 18.7 Å². The molecule has 112 valence electrons. The molecule has 6 heteroatoms. The number of H-pyrrole nitrogens is 1. The van der Waals surface area contributed by atoms with Crippen LogP contribution in [0, 0.1) is 12.3 Å². The maximum Gasteiger partial charge on any atom is 0.353 e. The summed E-state index contributed by atoms with van der Waals surface area (Å²) in [6, 6.07) is 0. The summed E-state index contributed by atoms with van der Waals surface area (Å²) in [4.78, 5) is 29.8. The van der Waals surface area contributed by atoms with Crippen LogP contribution in [0.15, 0.2) is 6.20 Å². The van der Waals surface area contributed by atoms with Gasteiger partial charge in [-0.15, -0.1) is 12.3 Å². The van der Waals surface area contributed by atoms with Crippen LogP contribution in [0.25, 0.3) is 0 Å². The van der Waals surface area contributed by atoms with E-state index in [-0.39, 0.29) is 11.6 Å². The van der Waals surface area contributed by atoms with Crippen molar-refractivity contribution < 1.29 is 14.7 Å². The van der Waals surface area contributed by atoms with Crippen LogP contribution >= 0.6 is 0 Å². The van der Waals surface area contributed by atoms with Crippen molar-refractivity contribution >= 4 is 11.9 Å². The Bertz CT molecular complexity index is 567. The second-order valence-corrected chi connectivity index (χ2v) is 5.35. The van der Waals surface area contributed by atoms with Crippen LogP contribution in [-0.4, -0.2) is 27.0 Å². The molecule has 0 saturated heterocycles. The Hall–Kier alpha value is -2.29. The van der Waals surface area contributed by atoms with Crippen LogP contribution < -0.4 is 5.32 Å². The highest BCUT2D eigenvalue weighted by molar-refractivity contribution is 5.85. The first-order valence-corrected chi connectivity index (χ1v) is 7.11. The second-order valence-electron chi connectivity index (χ2n) is 5.35. The zero-order chi connectivity index (χ0) is 15.3. The van der Waals surface area contributed by atoms with Gasteiger partial charge < -0.3 is 15.4 Å². The fraction of sp³-hybridized carbons (Fsp3) is 0.533. The molecule has 6 nitrogen and oxygen atoms in total. The number of hydrogen-bond acceptors (Lipinski definition) is 3. The summed E-state index contributed by atoms with van der Waals surface area (Å²) in [5, 5.41) is 11.9. The molecule has 0 aliphatic heterocycles. The van der Waals surface area contributed by atoms with Gasteiger partial charge in [0.2, 0.25) is 5.91 Å². The lowest BCUT2D eigenvalue weighted by Gasteiger charge is -2.40. The lowest BCUT2D eigenvalue weighted by Crippen LogP contribution is -2.51. The minimum absolute atomic E-state index is 0.0412. The molecule has 0 aromatic carbocycles. The second kappa shape index (κ2) is 6.44. The average molecular weight is 289 g/mol. The maximum absolute atomic E-state index is 12.0. The highest BCUT2D eigenvalue weighted by Crippen LogP contribution is 2.39. The third-order valence-corrected chi connectivity index (χ3v) is 3.82. The summed E-state index contributed by atoms with van der Waals surface area (Å²) in [6.07, 6.45) is 11.7. The fourth-order valence-electron chi connectivity index (χ4n) is 2.47. The first-order valence-electron chi connectivity index (χ1n) is 7.11. The molecule has 1 heterocycles. The van der Waals surface area contributed by atoms with Crippen molar-refractivity contribution in [2.45, 2.75) is 50.5 Å². The minimum atomic E-state index is -1.05. The number of hydrogen-bond donors (Lipinski definition) is 3. The van der Waals surface area contributed by atoms with E-state index in [1.54, 1.807) is 0 Å². The van der Waals surface area contributed by atoms with Crippen molar-refractivity contribution in [3.8, 4) is 12.3 Å². The van der Waals surface area contributed by atoms with E-state index >= 15 is 0 Å². The average Bonchev–Trinajstić information content (AvgIpc) is 2.89. The van der Waals surface area contributed by atoms with Gasteiger partial charge in [-0.05, 0) is 32.1 Å². The molecule has 2 rings (SSSR count). The van der Waals surface area contributed by atoms with Crippen molar-refractivity contribution in [1.82, 2.24) is 15.3 Å². The number of aromatic amines is 1. The van der Waals surface area contributed by atoms with Crippen molar-refractivity contribution in [3.05, 3.63) is 17.7 Å². The molecular weight excluding hydrogens is 270 g/mol. The molecule has 0 atom stereocenters. The van der Waals surface area contributed by atoms with E-state index in [4.69, 9.17) is 11.5 Å². The number of unbranched alkanes of at least 4 members (excludes halogenated alkanes) is 2. The largest absolute Gasteiger partial charge is 0.477 e. The highest BCUT2D eigenvalue weighted by atomic mass is 16.4. The van der Waals surface area contributed by atoms with Crippen molar-refractivity contribution in [2.75, 3.05) is 0 Å². The SMILES string of the molecule is C#CCCCCC(=O)NC1(c2ncc(C(=O)O)[nH]2)CCC1. The number of terminal acetylenes is 1. The normalized spacial score (nSPS) is 15.8. The quantitative estimate of drug-likeness (QED) is 0.527. The Morgan fingerprint density at radius 1 is 1.48 bits per heavy atom. The third kappa shape index (κ3) is 3.43. The smallest absolute Gasteiger partial charge is 0.353 e. The topological polar surface area (TPSA) is 95.1 Å². The zero-order valence-corrected chi connectivity index (χ0v) is 11.8. The van der Waals surface area contributed by atoms with Crippen molar-refractivity contribution in [1.29, 1.82) is 0 Å². The zero-order valence-electron chi connectivity index (χ0n) is 11.8. The number of aromatic carboxylic acids is 1. The molecule has 1 fully saturated rings. The molecule has 1 amide bonds. The predicted octanol–water partition coefficient (Wildman–Crippen LogP) is 1.80. The van der Waals surface area contributed by atoms with Crippen molar-refractivity contribution in [3.63, 3.8) is 0 Å². The number of aromatic nitrogens is 2. The van der Waals surface area contributed by atoms with Gasteiger partial charge in [0.05, 0.1) is 11.7 Å². The Labute approximate surface area is 123 Å². The number of carboxylic acids is 1. The first kappa shape index (κ1) is 15.1. The molecule has 1 saturated carbocycles. The number of carboxylic acid groups (broad SMARTS) is 1. The van der Waals surface area contributed by atoms with Crippen LogP contribution in [0.4, 0.5) is 0 Å². The van der Waals surface area contributed by atoms with E-state index in [0.717, 1.165) is 32.1 Å². The molecule has 0 bridgehead atoms. The fourth-order valence-corrected chi connectivity index (χ4v) is 2.47. The third-order valence-electron chi connectivity index (χ3n) is 3.82. The molecule has 0 unspecified atom stereocenters. The summed E-state index contributed by atoms with van der Waals surface area (Å²) >= 11 is 0. The molecule has 0 spiro atoms. The van der Waals surface area contributed by atoms with Crippen LogP contribution in [0.2, 0.25) is 0 Å². The van der Waals surface area contributed by atoms with Gasteiger partial charge in [0.15, 0.2) is 0 Å². The molecule has 1 aliphatic rings. The van der Waals surface area contributed by atoms with Gasteiger partial charge in [-0.2, -0.15) is 0 Å². The van der Waals surface area contributed by atoms with Crippen LogP contribution in [0.5, 0.6) is 0 Å². The molecule has 1 aromatic rings. The van der Waals surface area contributed by atoms with Crippen LogP contribution in [0.3, 0.4) is 0 Å². The number of carbonyl (C=O) groups excluding carboxylic acids is 1. The van der Waals surface area contributed by atoms with E-state index in [1.807, 2.05) is 0 Å². The van der Waals surface area contributed by atoms with E-state index in [1.165, 1.54) is 6.20 Å². The lowest BCUT2D eigenvalue weighted by atomic mass is 9.76. The molecule has 0 radical (unpaired) electrons. The molecule has 1 aromatic heterocycles. The van der Waals surface area contributed by atoms with E-state index in [9.17, 15) is 9.59 Å². The summed E-state index contributed by atoms with van der Waals surface area (Å²) in [5.74, 6) is 1.99. The van der Waals surface area contributed by atoms with Gasteiger partial charge in [-0.25, -0.2) is 9.78 Å². The summed E-state index contributed by atoms with van der Waals surface area (Å²) < 4.78 is 0. The van der Waals surface area contributed by atoms with Gasteiger partial charge >= 0.3 is 5.97 Å². The van der Waals surface area contributed by atoms with Gasteiger partial charge in [0.1, 0.15) is 11.5 Å². The number of nitrogens with zero attached hydrogens (tertiary/aromatic N) is 1. The van der Waals surface area contributed by atoms with Gasteiger partial charge in [-0.1, -0.05) is 0 Å². The molecule has 1 aliphatic carbocycles. The monoisotopic (exact) mass is 289 g/mol. The van der Waals surface area contributed by atoms with E-state index < -0.39 is 11.5 Å². The van der Waals surface area contributed by atoms with Crippen LogP contribution in [-0.2, 0) is 10.3 Å². The predicted molar refractivity (Wildman–Crippen MR) is 76.5 cm³/mol.